The van der Waals surface area contributed by atoms with E-state index in [0.29, 0.717) is 30.6 Å². The second-order valence-corrected chi connectivity index (χ2v) is 21.5. The number of likely N-dealkylation sites (tertiary alicyclic amines) is 1. The van der Waals surface area contributed by atoms with Crippen LogP contribution in [0.5, 0.6) is 5.75 Å². The molecule has 0 radical (unpaired) electrons. The van der Waals surface area contributed by atoms with Crippen molar-refractivity contribution in [2.24, 2.45) is 23.7 Å². The second kappa shape index (κ2) is 28.3. The van der Waals surface area contributed by atoms with Crippen molar-refractivity contribution in [3.63, 3.8) is 0 Å². The first-order chi connectivity index (χ1) is 35.7. The van der Waals surface area contributed by atoms with Gasteiger partial charge >= 0.3 is 11.9 Å². The van der Waals surface area contributed by atoms with Crippen LogP contribution in [0.1, 0.15) is 119 Å². The lowest BCUT2D eigenvalue weighted by atomic mass is 9.92. The Labute approximate surface area is 446 Å². The van der Waals surface area contributed by atoms with Gasteiger partial charge in [-0.05, 0) is 94.7 Å². The lowest BCUT2D eigenvalue weighted by molar-refractivity contribution is -0.162. The van der Waals surface area contributed by atoms with Gasteiger partial charge in [0.2, 0.25) is 35.4 Å². The van der Waals surface area contributed by atoms with E-state index in [2.05, 4.69) is 16.0 Å². The smallest absolute Gasteiger partial charge is 0.329 e. The molecule has 22 nitrogen and oxygen atoms in total. The van der Waals surface area contributed by atoms with Crippen molar-refractivity contribution in [3.8, 4) is 5.75 Å². The van der Waals surface area contributed by atoms with Gasteiger partial charge in [-0.25, -0.2) is 4.79 Å². The van der Waals surface area contributed by atoms with E-state index in [1.165, 1.54) is 61.6 Å². The highest BCUT2D eigenvalue weighted by Crippen LogP contribution is 2.27. The van der Waals surface area contributed by atoms with E-state index in [-0.39, 0.29) is 57.0 Å². The maximum absolute atomic E-state index is 14.9. The Bertz CT molecular complexity index is 2240. The summed E-state index contributed by atoms with van der Waals surface area (Å²) < 4.78 is 16.7. The van der Waals surface area contributed by atoms with Gasteiger partial charge in [0.05, 0.1) is 31.6 Å². The SMILES string of the molecule is CC[C@H](C)[C@H]1NC(=O)[C@H](NC(=O)[C@@H](CC(C)C)N(C)C(=O)[C@@H]2CCCN2C(=O)[C@H](C)O)[C@@H](C)OC(=O)[C@H](Cc2ccc(OC)cc2)N(C)C(=O)[C@@H]2CCCN2C(=O)[C@H](CC(C)C)NC(=O)[C@@H](C)C(=O)COC(=O)C[C@@H]1O. The maximum atomic E-state index is 14.9. The van der Waals surface area contributed by atoms with Crippen molar-refractivity contribution >= 4 is 59.1 Å². The van der Waals surface area contributed by atoms with Crippen LogP contribution < -0.4 is 20.7 Å². The minimum atomic E-state index is -1.76. The molecule has 3 heterocycles. The average Bonchev–Trinajstić information content (AvgIpc) is 4.08. The second-order valence-electron chi connectivity index (χ2n) is 21.5. The molecule has 12 atom stereocenters. The quantitative estimate of drug-likeness (QED) is 0.130. The molecule has 0 saturated carbocycles. The van der Waals surface area contributed by atoms with Crippen LogP contribution in [0.3, 0.4) is 0 Å². The van der Waals surface area contributed by atoms with Crippen LogP contribution in [0.15, 0.2) is 24.3 Å². The Morgan fingerprint density at radius 1 is 0.895 bits per heavy atom. The normalized spacial score (nSPS) is 27.2. The number of amides is 7. The van der Waals surface area contributed by atoms with Gasteiger partial charge in [-0.1, -0.05) is 60.1 Å². The lowest BCUT2D eigenvalue weighted by Gasteiger charge is -2.36. The predicted molar refractivity (Wildman–Crippen MR) is 276 cm³/mol. The van der Waals surface area contributed by atoms with Crippen molar-refractivity contribution in [2.75, 3.05) is 40.9 Å². The number of aliphatic hydroxyl groups is 2. The molecule has 0 aromatic heterocycles. The summed E-state index contributed by atoms with van der Waals surface area (Å²) in [5, 5.41) is 29.9. The molecule has 3 fully saturated rings. The number of carbonyl (C=O) groups is 10. The number of benzene rings is 1. The first-order valence-corrected chi connectivity index (χ1v) is 26.7. The molecule has 22 heteroatoms. The van der Waals surface area contributed by atoms with Gasteiger partial charge in [-0.15, -0.1) is 0 Å². The number of nitrogens with one attached hydrogen (secondary N) is 3. The third-order valence-corrected chi connectivity index (χ3v) is 14.8. The molecule has 0 unspecified atom stereocenters. The molecule has 5 N–H and O–H groups in total. The molecular weight excluding hydrogens is 987 g/mol. The van der Waals surface area contributed by atoms with Gasteiger partial charge in [-0.2, -0.15) is 0 Å². The minimum absolute atomic E-state index is 0.0746. The zero-order chi connectivity index (χ0) is 56.9. The highest BCUT2D eigenvalue weighted by Gasteiger charge is 2.45. The highest BCUT2D eigenvalue weighted by atomic mass is 16.5. The Morgan fingerprint density at radius 2 is 1.54 bits per heavy atom. The fourth-order valence-corrected chi connectivity index (χ4v) is 9.91. The van der Waals surface area contributed by atoms with Crippen LogP contribution in [0, 0.1) is 23.7 Å². The Hall–Kier alpha value is -6.16. The summed E-state index contributed by atoms with van der Waals surface area (Å²) in [5.74, 6) is -9.61. The molecule has 0 aliphatic carbocycles. The fraction of sp³-hybridized carbons (Fsp3) is 0.704. The molecule has 76 heavy (non-hydrogen) atoms. The van der Waals surface area contributed by atoms with Crippen LogP contribution >= 0.6 is 0 Å². The number of esters is 2. The van der Waals surface area contributed by atoms with E-state index in [1.54, 1.807) is 38.1 Å². The number of hydrogen-bond donors (Lipinski definition) is 5. The number of carbonyl (C=O) groups excluding carboxylic acids is 10. The van der Waals surface area contributed by atoms with Crippen molar-refractivity contribution < 1.29 is 72.4 Å². The van der Waals surface area contributed by atoms with Gasteiger partial charge in [0.15, 0.2) is 12.4 Å². The van der Waals surface area contributed by atoms with Gasteiger partial charge in [-0.3, -0.25) is 43.2 Å². The Kier molecular flexibility index (Phi) is 23.2. The average molecular weight is 1070 g/mol. The monoisotopic (exact) mass is 1070 g/mol. The molecule has 4 rings (SSSR count). The van der Waals surface area contributed by atoms with E-state index >= 15 is 0 Å². The van der Waals surface area contributed by atoms with Crippen molar-refractivity contribution in [2.45, 2.75) is 181 Å². The molecule has 1 aromatic rings. The number of nitrogens with zero attached hydrogens (tertiary/aromatic N) is 4. The van der Waals surface area contributed by atoms with Gasteiger partial charge in [0, 0.05) is 33.6 Å². The fourth-order valence-electron chi connectivity index (χ4n) is 9.91. The van der Waals surface area contributed by atoms with Crippen LogP contribution in [-0.4, -0.2) is 190 Å². The van der Waals surface area contributed by atoms with Crippen LogP contribution in [0.2, 0.25) is 0 Å². The number of aliphatic hydroxyl groups excluding tert-OH is 2. The topological polar surface area (TPSA) is 288 Å². The number of cyclic esters (lactones) is 2. The largest absolute Gasteiger partial charge is 0.497 e. The minimum Gasteiger partial charge on any atom is -0.497 e. The number of ketones is 1. The number of methoxy groups -OCH3 is 1. The molecule has 3 saturated heterocycles. The first kappa shape index (κ1) is 62.4. The number of likely N-dealkylation sites (N-methyl/N-ethyl adjacent to an activating group) is 2. The summed E-state index contributed by atoms with van der Waals surface area (Å²) in [6.07, 6.45) is -3.46. The number of rotatable bonds is 14. The molecule has 0 bridgehead atoms. The van der Waals surface area contributed by atoms with E-state index in [0.717, 1.165) is 0 Å². The molecule has 1 aromatic carbocycles. The zero-order valence-corrected chi connectivity index (χ0v) is 46.4. The standard InChI is InChI=1S/C54H83N7O15/c1-13-31(6)45-42(63)27-44(65)75-28-43(64)32(7)47(66)55-37(24-29(2)3)51(70)61-23-15-17-39(61)53(72)59(11)41(26-35-18-20-36(74-12)21-19-35)54(73)76-34(9)46(49(68)56-45)57-48(67)40(25-30(4)5)58(10)52(71)38-16-14-22-60(38)50(69)33(8)62/h18-21,29-34,37-42,45-46,62-63H,13-17,22-28H2,1-12H3,(H,55,66)(H,56,68)(H,57,67)/t31-,32-,33-,34+,37-,38-,39-,40+,41-,42-,45+,46+/m0/s1. The van der Waals surface area contributed by atoms with Crippen LogP contribution in [0.4, 0.5) is 0 Å². The van der Waals surface area contributed by atoms with E-state index in [9.17, 15) is 58.2 Å². The summed E-state index contributed by atoms with van der Waals surface area (Å²) in [6, 6.07) is -2.13. The molecule has 3 aliphatic heterocycles. The molecular formula is C54H83N7O15. The summed E-state index contributed by atoms with van der Waals surface area (Å²) in [5.41, 5.74) is 0.571. The maximum Gasteiger partial charge on any atom is 0.329 e. The summed E-state index contributed by atoms with van der Waals surface area (Å²) in [4.78, 5) is 146. The Balaban J connectivity index is 1.85. The third kappa shape index (κ3) is 16.2. The van der Waals surface area contributed by atoms with Crippen molar-refractivity contribution in [1.82, 2.24) is 35.6 Å². The summed E-state index contributed by atoms with van der Waals surface area (Å²) >= 11 is 0. The molecule has 7 amide bonds. The van der Waals surface area contributed by atoms with Gasteiger partial charge < -0.3 is 60.0 Å². The number of fused-ring (bicyclic) bond motifs is 1. The number of Topliss-reactive ketones (excluding diaryl/α,β-unsaturated/α-hetero) is 1. The van der Waals surface area contributed by atoms with Gasteiger partial charge in [0.25, 0.3) is 5.91 Å². The van der Waals surface area contributed by atoms with Gasteiger partial charge in [0.1, 0.15) is 54.2 Å². The zero-order valence-electron chi connectivity index (χ0n) is 46.4. The number of ether oxygens (including phenoxy) is 3. The van der Waals surface area contributed by atoms with E-state index < -0.39 is 145 Å². The lowest BCUT2D eigenvalue weighted by Crippen LogP contribution is -2.62. The summed E-state index contributed by atoms with van der Waals surface area (Å²) in [7, 11) is 4.28. The van der Waals surface area contributed by atoms with Crippen molar-refractivity contribution in [1.29, 1.82) is 0 Å². The molecule has 424 valence electrons. The van der Waals surface area contributed by atoms with Crippen molar-refractivity contribution in [3.05, 3.63) is 29.8 Å². The van der Waals surface area contributed by atoms with E-state index in [4.69, 9.17) is 14.2 Å². The first-order valence-electron chi connectivity index (χ1n) is 26.7. The highest BCUT2D eigenvalue weighted by molar-refractivity contribution is 6.04. The van der Waals surface area contributed by atoms with Crippen LogP contribution in [0.25, 0.3) is 0 Å². The van der Waals surface area contributed by atoms with Crippen LogP contribution in [-0.2, 0) is 63.8 Å². The Morgan fingerprint density at radius 3 is 2.13 bits per heavy atom. The third-order valence-electron chi connectivity index (χ3n) is 14.8. The number of hydrogen-bond acceptors (Lipinski definition) is 15. The molecule has 3 aliphatic rings. The summed E-state index contributed by atoms with van der Waals surface area (Å²) in [6.45, 7) is 14.2. The molecule has 0 spiro atoms. The predicted octanol–water partition coefficient (Wildman–Crippen LogP) is 1.29. The van der Waals surface area contributed by atoms with E-state index in [1.807, 2.05) is 27.7 Å².